The molecule has 4 rings (SSSR count). The van der Waals surface area contributed by atoms with E-state index in [0.29, 0.717) is 23.9 Å². The Balaban J connectivity index is 1.43. The highest BCUT2D eigenvalue weighted by Crippen LogP contribution is 2.34. The topological polar surface area (TPSA) is 89.4 Å². The van der Waals surface area contributed by atoms with Gasteiger partial charge in [0.25, 0.3) is 5.91 Å². The molecule has 0 aromatic carbocycles. The van der Waals surface area contributed by atoms with Crippen LogP contribution in [0, 0.1) is 0 Å². The smallest absolute Gasteiger partial charge is 0.410 e. The van der Waals surface area contributed by atoms with Gasteiger partial charge in [0.1, 0.15) is 11.3 Å². The van der Waals surface area contributed by atoms with Crippen LogP contribution in [-0.4, -0.2) is 43.6 Å². The van der Waals surface area contributed by atoms with Crippen molar-refractivity contribution >= 4 is 28.5 Å². The second-order valence-electron chi connectivity index (χ2n) is 8.74. The quantitative estimate of drug-likeness (QED) is 0.604. The Labute approximate surface area is 191 Å². The molecule has 168 valence electrons. The number of aromatic nitrogens is 3. The zero-order chi connectivity index (χ0) is 22.7. The summed E-state index contributed by atoms with van der Waals surface area (Å²) in [6.45, 7) is 6.79. The van der Waals surface area contributed by atoms with E-state index in [-0.39, 0.29) is 18.0 Å². The Morgan fingerprint density at radius 1 is 1.25 bits per heavy atom. The van der Waals surface area contributed by atoms with Gasteiger partial charge < -0.3 is 9.30 Å². The number of anilines is 1. The Kier molecular flexibility index (Phi) is 6.27. The molecule has 0 aliphatic carbocycles. The Bertz CT molecular complexity index is 1090. The zero-order valence-corrected chi connectivity index (χ0v) is 19.3. The number of likely N-dealkylation sites (tertiary alicyclic amines) is 1. The molecular weight excluding hydrogens is 426 g/mol. The summed E-state index contributed by atoms with van der Waals surface area (Å²) in [7, 11) is 0. The van der Waals surface area contributed by atoms with Crippen molar-refractivity contribution in [2.24, 2.45) is 0 Å². The van der Waals surface area contributed by atoms with Gasteiger partial charge in [0.15, 0.2) is 5.13 Å². The van der Waals surface area contributed by atoms with Crippen molar-refractivity contribution in [3.05, 3.63) is 65.2 Å². The van der Waals surface area contributed by atoms with E-state index in [1.54, 1.807) is 23.4 Å². The van der Waals surface area contributed by atoms with E-state index in [0.717, 1.165) is 24.1 Å². The van der Waals surface area contributed by atoms with Crippen LogP contribution in [0.5, 0.6) is 0 Å². The first-order valence-electron chi connectivity index (χ1n) is 10.6. The SMILES string of the molecule is CC(C)(C)OC(=O)N1CCC[C@@H]1c1csc(NC(=O)c2cccn2Cc2ccncc2)n1. The molecule has 0 saturated carbocycles. The summed E-state index contributed by atoms with van der Waals surface area (Å²) in [5.74, 6) is -0.222. The normalized spacial score (nSPS) is 16.2. The minimum Gasteiger partial charge on any atom is -0.444 e. The summed E-state index contributed by atoms with van der Waals surface area (Å²) in [5.41, 5.74) is 1.84. The van der Waals surface area contributed by atoms with Gasteiger partial charge in [0.2, 0.25) is 0 Å². The predicted molar refractivity (Wildman–Crippen MR) is 123 cm³/mol. The van der Waals surface area contributed by atoms with Crippen molar-refractivity contribution in [1.82, 2.24) is 19.4 Å². The molecule has 9 heteroatoms. The van der Waals surface area contributed by atoms with Crippen LogP contribution in [0.15, 0.2) is 48.2 Å². The fraction of sp³-hybridized carbons (Fsp3) is 0.391. The first-order valence-corrected chi connectivity index (χ1v) is 11.5. The highest BCUT2D eigenvalue weighted by molar-refractivity contribution is 7.14. The molecule has 3 aromatic heterocycles. The van der Waals surface area contributed by atoms with Crippen LogP contribution >= 0.6 is 11.3 Å². The minimum atomic E-state index is -0.545. The Morgan fingerprint density at radius 3 is 2.78 bits per heavy atom. The third kappa shape index (κ3) is 5.16. The van der Waals surface area contributed by atoms with Crippen LogP contribution in [-0.2, 0) is 11.3 Å². The molecule has 1 aliphatic rings. The van der Waals surface area contributed by atoms with Gasteiger partial charge in [0, 0.05) is 37.1 Å². The first-order chi connectivity index (χ1) is 15.3. The van der Waals surface area contributed by atoms with E-state index >= 15 is 0 Å². The van der Waals surface area contributed by atoms with E-state index in [2.05, 4.69) is 15.3 Å². The summed E-state index contributed by atoms with van der Waals surface area (Å²) in [6, 6.07) is 7.34. The Morgan fingerprint density at radius 2 is 2.03 bits per heavy atom. The number of hydrogen-bond acceptors (Lipinski definition) is 6. The molecule has 1 fully saturated rings. The molecule has 0 unspecified atom stereocenters. The van der Waals surface area contributed by atoms with Crippen molar-refractivity contribution in [3.8, 4) is 0 Å². The molecule has 1 saturated heterocycles. The van der Waals surface area contributed by atoms with Gasteiger partial charge in [-0.2, -0.15) is 0 Å². The molecule has 32 heavy (non-hydrogen) atoms. The molecule has 1 N–H and O–H groups in total. The molecule has 4 heterocycles. The van der Waals surface area contributed by atoms with Gasteiger partial charge in [-0.1, -0.05) is 0 Å². The van der Waals surface area contributed by atoms with Gasteiger partial charge in [-0.3, -0.25) is 20.0 Å². The van der Waals surface area contributed by atoms with Gasteiger partial charge >= 0.3 is 6.09 Å². The van der Waals surface area contributed by atoms with E-state index in [9.17, 15) is 9.59 Å². The number of carbonyl (C=O) groups excluding carboxylic acids is 2. The Hall–Kier alpha value is -3.20. The van der Waals surface area contributed by atoms with Crippen molar-refractivity contribution in [2.45, 2.75) is 51.8 Å². The average Bonchev–Trinajstić information content (AvgIpc) is 3.47. The number of nitrogens with one attached hydrogen (secondary N) is 1. The number of nitrogens with zero attached hydrogens (tertiary/aromatic N) is 4. The fourth-order valence-corrected chi connectivity index (χ4v) is 4.47. The number of carbonyl (C=O) groups is 2. The summed E-state index contributed by atoms with van der Waals surface area (Å²) >= 11 is 1.36. The van der Waals surface area contributed by atoms with E-state index < -0.39 is 5.60 Å². The third-order valence-electron chi connectivity index (χ3n) is 5.13. The van der Waals surface area contributed by atoms with Crippen molar-refractivity contribution in [2.75, 3.05) is 11.9 Å². The number of thiazole rings is 1. The molecule has 2 amide bonds. The van der Waals surface area contributed by atoms with Gasteiger partial charge in [-0.25, -0.2) is 9.78 Å². The summed E-state index contributed by atoms with van der Waals surface area (Å²) in [6.07, 6.45) is 6.74. The van der Waals surface area contributed by atoms with E-state index in [1.165, 1.54) is 11.3 Å². The molecule has 1 aliphatic heterocycles. The lowest BCUT2D eigenvalue weighted by atomic mass is 10.2. The predicted octanol–water partition coefficient (Wildman–Crippen LogP) is 4.71. The van der Waals surface area contributed by atoms with Gasteiger partial charge in [-0.15, -0.1) is 11.3 Å². The van der Waals surface area contributed by atoms with Crippen LogP contribution < -0.4 is 5.32 Å². The lowest BCUT2D eigenvalue weighted by Crippen LogP contribution is -2.36. The van der Waals surface area contributed by atoms with Crippen molar-refractivity contribution in [1.29, 1.82) is 0 Å². The molecule has 8 nitrogen and oxygen atoms in total. The maximum Gasteiger partial charge on any atom is 0.410 e. The first kappa shape index (κ1) is 22.0. The van der Waals surface area contributed by atoms with E-state index in [4.69, 9.17) is 4.74 Å². The van der Waals surface area contributed by atoms with Crippen molar-refractivity contribution in [3.63, 3.8) is 0 Å². The van der Waals surface area contributed by atoms with Gasteiger partial charge in [0.05, 0.1) is 11.7 Å². The maximum absolute atomic E-state index is 12.9. The second-order valence-corrected chi connectivity index (χ2v) is 9.60. The monoisotopic (exact) mass is 453 g/mol. The standard InChI is InChI=1S/C23H27N5O3S/c1-23(2,3)31-22(30)28-13-5-6-18(28)17-15-32-21(25-17)26-20(29)19-7-4-12-27(19)14-16-8-10-24-11-9-16/h4,7-12,15,18H,5-6,13-14H2,1-3H3,(H,25,26,29)/t18-/m1/s1. The summed E-state index contributed by atoms with van der Waals surface area (Å²) < 4.78 is 7.43. The van der Waals surface area contributed by atoms with Crippen LogP contribution in [0.3, 0.4) is 0 Å². The van der Waals surface area contributed by atoms with E-state index in [1.807, 2.05) is 55.1 Å². The molecule has 3 aromatic rings. The van der Waals surface area contributed by atoms with Gasteiger partial charge in [-0.05, 0) is 63.4 Å². The molecule has 0 radical (unpaired) electrons. The number of amides is 2. The van der Waals surface area contributed by atoms with Crippen LogP contribution in [0.2, 0.25) is 0 Å². The molecule has 0 bridgehead atoms. The summed E-state index contributed by atoms with van der Waals surface area (Å²) in [5, 5.41) is 5.31. The number of rotatable bonds is 5. The molecular formula is C23H27N5O3S. The lowest BCUT2D eigenvalue weighted by molar-refractivity contribution is 0.0221. The average molecular weight is 454 g/mol. The van der Waals surface area contributed by atoms with Crippen LogP contribution in [0.4, 0.5) is 9.93 Å². The summed E-state index contributed by atoms with van der Waals surface area (Å²) in [4.78, 5) is 35.8. The zero-order valence-electron chi connectivity index (χ0n) is 18.4. The van der Waals surface area contributed by atoms with Crippen LogP contribution in [0.1, 0.15) is 61.4 Å². The fourth-order valence-electron chi connectivity index (χ4n) is 3.71. The highest BCUT2D eigenvalue weighted by Gasteiger charge is 2.34. The number of ether oxygens (including phenoxy) is 1. The maximum atomic E-state index is 12.9. The highest BCUT2D eigenvalue weighted by atomic mass is 32.1. The van der Waals surface area contributed by atoms with Crippen molar-refractivity contribution < 1.29 is 14.3 Å². The minimum absolute atomic E-state index is 0.137. The third-order valence-corrected chi connectivity index (χ3v) is 5.91. The lowest BCUT2D eigenvalue weighted by Gasteiger charge is -2.27. The molecule has 1 atom stereocenters. The number of pyridine rings is 1. The molecule has 0 spiro atoms. The van der Waals surface area contributed by atoms with Crippen LogP contribution in [0.25, 0.3) is 0 Å². The second kappa shape index (κ2) is 9.12. The number of hydrogen-bond donors (Lipinski definition) is 1. The largest absolute Gasteiger partial charge is 0.444 e.